The molecule has 1 amide bonds. The van der Waals surface area contributed by atoms with Crippen LogP contribution in [-0.4, -0.2) is 23.9 Å². The normalized spacial score (nSPS) is 17.9. The summed E-state index contributed by atoms with van der Waals surface area (Å²) in [5.74, 6) is 1.66. The van der Waals surface area contributed by atoms with Crippen LogP contribution in [0.25, 0.3) is 11.1 Å². The van der Waals surface area contributed by atoms with E-state index in [4.69, 9.17) is 4.74 Å². The monoisotopic (exact) mass is 642 g/mol. The van der Waals surface area contributed by atoms with Crippen LogP contribution in [0.3, 0.4) is 0 Å². The number of carbonyl (C=O) groups is 1. The molecule has 0 aromatic heterocycles. The minimum Gasteiger partial charge on any atom is -0.458 e. The molecular weight excluding hydrogens is 588 g/mol. The highest BCUT2D eigenvalue weighted by Gasteiger charge is 2.23. The molecule has 2 aromatic carbocycles. The van der Waals surface area contributed by atoms with Crippen molar-refractivity contribution in [3.8, 4) is 5.75 Å². The number of carbonyl (C=O) groups excluding carboxylic acids is 1. The van der Waals surface area contributed by atoms with E-state index in [1.807, 2.05) is 30.3 Å². The lowest BCUT2D eigenvalue weighted by Gasteiger charge is -2.29. The summed E-state index contributed by atoms with van der Waals surface area (Å²) in [6.07, 6.45) is 26.6. The van der Waals surface area contributed by atoms with E-state index in [2.05, 4.69) is 98.6 Å². The number of likely N-dealkylation sites (tertiary alicyclic amines) is 1. The Labute approximate surface area is 289 Å². The fraction of sp³-hybridized carbons (Fsp3) is 0.386. The summed E-state index contributed by atoms with van der Waals surface area (Å²) >= 11 is 0. The van der Waals surface area contributed by atoms with E-state index in [1.54, 1.807) is 0 Å². The van der Waals surface area contributed by atoms with Crippen molar-refractivity contribution < 1.29 is 9.53 Å². The van der Waals surface area contributed by atoms with Gasteiger partial charge in [-0.05, 0) is 142 Å². The molecule has 1 saturated heterocycles. The number of para-hydroxylation sites is 1. The average Bonchev–Trinajstić information content (AvgIpc) is 3.32. The predicted octanol–water partition coefficient (Wildman–Crippen LogP) is 11.0. The molecule has 0 radical (unpaired) electrons. The fourth-order valence-corrected chi connectivity index (χ4v) is 6.97. The molecule has 1 fully saturated rings. The molecular formula is C44H54N2O2. The van der Waals surface area contributed by atoms with Crippen molar-refractivity contribution in [3.05, 3.63) is 136 Å². The molecule has 2 aliphatic carbocycles. The zero-order chi connectivity index (χ0) is 33.7. The summed E-state index contributed by atoms with van der Waals surface area (Å²) in [5.41, 5.74) is 10.0. The van der Waals surface area contributed by atoms with Crippen molar-refractivity contribution in [1.29, 1.82) is 0 Å². The van der Waals surface area contributed by atoms with Crippen molar-refractivity contribution >= 4 is 17.1 Å². The molecule has 5 rings (SSSR count). The molecule has 2 aromatic rings. The van der Waals surface area contributed by atoms with E-state index in [0.717, 1.165) is 104 Å². The Morgan fingerprint density at radius 2 is 1.69 bits per heavy atom. The predicted molar refractivity (Wildman–Crippen MR) is 202 cm³/mol. The van der Waals surface area contributed by atoms with Gasteiger partial charge in [-0.15, -0.1) is 0 Å². The summed E-state index contributed by atoms with van der Waals surface area (Å²) in [5, 5.41) is 3.36. The topological polar surface area (TPSA) is 41.6 Å². The van der Waals surface area contributed by atoms with E-state index in [1.165, 1.54) is 41.7 Å². The number of ether oxygens (including phenoxy) is 1. The van der Waals surface area contributed by atoms with Gasteiger partial charge in [0, 0.05) is 30.1 Å². The third-order valence-corrected chi connectivity index (χ3v) is 9.68. The number of fused-ring (bicyclic) bond motifs is 1. The van der Waals surface area contributed by atoms with Gasteiger partial charge >= 0.3 is 0 Å². The van der Waals surface area contributed by atoms with Crippen molar-refractivity contribution in [2.45, 2.75) is 98.3 Å². The summed E-state index contributed by atoms with van der Waals surface area (Å²) < 4.78 is 6.33. The minimum atomic E-state index is -0.0101. The van der Waals surface area contributed by atoms with Crippen LogP contribution < -0.4 is 10.1 Å². The number of allylic oxidation sites excluding steroid dienone is 10. The third-order valence-electron chi connectivity index (χ3n) is 9.68. The van der Waals surface area contributed by atoms with Gasteiger partial charge in [-0.3, -0.25) is 4.79 Å². The van der Waals surface area contributed by atoms with Crippen LogP contribution in [0, 0.1) is 0 Å². The zero-order valence-electron chi connectivity index (χ0n) is 29.6. The second-order valence-corrected chi connectivity index (χ2v) is 13.0. The van der Waals surface area contributed by atoms with Crippen LogP contribution >= 0.6 is 0 Å². The Morgan fingerprint density at radius 1 is 0.896 bits per heavy atom. The van der Waals surface area contributed by atoms with Gasteiger partial charge in [0.2, 0.25) is 0 Å². The largest absolute Gasteiger partial charge is 0.458 e. The molecule has 4 nitrogen and oxygen atoms in total. The van der Waals surface area contributed by atoms with E-state index in [9.17, 15) is 4.79 Å². The molecule has 1 N–H and O–H groups in total. The molecule has 252 valence electrons. The van der Waals surface area contributed by atoms with Crippen LogP contribution in [0.1, 0.15) is 109 Å². The molecule has 0 spiro atoms. The van der Waals surface area contributed by atoms with Gasteiger partial charge < -0.3 is 15.0 Å². The summed E-state index contributed by atoms with van der Waals surface area (Å²) in [4.78, 5) is 16.9. The second kappa shape index (κ2) is 17.7. The maximum Gasteiger partial charge on any atom is 0.256 e. The molecule has 3 aliphatic rings. The van der Waals surface area contributed by atoms with Crippen molar-refractivity contribution in [3.63, 3.8) is 0 Å². The Morgan fingerprint density at radius 3 is 2.42 bits per heavy atom. The van der Waals surface area contributed by atoms with Gasteiger partial charge in [0.1, 0.15) is 11.5 Å². The van der Waals surface area contributed by atoms with Gasteiger partial charge in [0.05, 0.1) is 0 Å². The lowest BCUT2D eigenvalue weighted by molar-refractivity contribution is -0.114. The Kier molecular flexibility index (Phi) is 12.9. The van der Waals surface area contributed by atoms with Crippen LogP contribution in [0.4, 0.5) is 0 Å². The van der Waals surface area contributed by atoms with Crippen LogP contribution in [0.2, 0.25) is 0 Å². The number of rotatable bonds is 11. The highest BCUT2D eigenvalue weighted by Crippen LogP contribution is 2.35. The number of nitrogens with one attached hydrogen (secondary N) is 1. The lowest BCUT2D eigenvalue weighted by atomic mass is 9.84. The van der Waals surface area contributed by atoms with Gasteiger partial charge in [0.15, 0.2) is 0 Å². The Bertz CT molecular complexity index is 1640. The maximum atomic E-state index is 14.5. The lowest BCUT2D eigenvalue weighted by Crippen LogP contribution is -2.28. The first-order chi connectivity index (χ1) is 23.5. The van der Waals surface area contributed by atoms with Crippen LogP contribution in [0.15, 0.2) is 119 Å². The van der Waals surface area contributed by atoms with Crippen molar-refractivity contribution in [2.75, 3.05) is 13.1 Å². The molecule has 1 heterocycles. The molecule has 48 heavy (non-hydrogen) atoms. The SMILES string of the molecule is CC=C(C=CC(=CCC)NC(=O)C1=C(CC)CCCCc2ccc(C3=CC(Oc4ccccc4)=CCC(CC)=C3)cc21)N1CCCCC1. The van der Waals surface area contributed by atoms with Gasteiger partial charge in [0.25, 0.3) is 5.91 Å². The molecule has 1 aliphatic heterocycles. The number of amides is 1. The molecule has 0 bridgehead atoms. The number of piperidine rings is 1. The number of hydrogen-bond donors (Lipinski definition) is 1. The fourth-order valence-electron chi connectivity index (χ4n) is 6.97. The number of hydrogen-bond acceptors (Lipinski definition) is 3. The number of aryl methyl sites for hydroxylation is 1. The van der Waals surface area contributed by atoms with Gasteiger partial charge in [-0.25, -0.2) is 0 Å². The molecule has 4 heteroatoms. The quantitative estimate of drug-likeness (QED) is 0.248. The summed E-state index contributed by atoms with van der Waals surface area (Å²) in [6, 6.07) is 16.7. The Hall–Kier alpha value is -4.31. The van der Waals surface area contributed by atoms with Gasteiger partial charge in [-0.1, -0.05) is 80.5 Å². The maximum absolute atomic E-state index is 14.5. The number of nitrogens with zero attached hydrogens (tertiary/aromatic N) is 1. The first-order valence-electron chi connectivity index (χ1n) is 18.3. The smallest absolute Gasteiger partial charge is 0.256 e. The minimum absolute atomic E-state index is 0.0101. The third kappa shape index (κ3) is 9.18. The highest BCUT2D eigenvalue weighted by atomic mass is 16.5. The van der Waals surface area contributed by atoms with Crippen LogP contribution in [0.5, 0.6) is 5.75 Å². The molecule has 0 unspecified atom stereocenters. The second-order valence-electron chi connectivity index (χ2n) is 13.0. The van der Waals surface area contributed by atoms with E-state index in [-0.39, 0.29) is 5.91 Å². The zero-order valence-corrected chi connectivity index (χ0v) is 29.6. The average molecular weight is 643 g/mol. The molecule has 0 atom stereocenters. The van der Waals surface area contributed by atoms with Crippen molar-refractivity contribution in [1.82, 2.24) is 10.2 Å². The first-order valence-corrected chi connectivity index (χ1v) is 18.3. The standard InChI is InChI=1S/C44H54N2O2/c1-5-17-38(25-26-39(8-4)46-28-15-10-16-29-46)45-44(47)43-34(7-3)18-13-14-19-35-23-24-36(32-42(35)43)37-30-33(6-2)22-27-41(31-37)48-40-20-11-9-12-21-40/h8-9,11-12,17,20-21,23-27,30-32H,5-7,10,13-16,18-19,22,28-29H2,1-4H3,(H,45,47). The first kappa shape index (κ1) is 35.0. The Balaban J connectivity index is 1.49. The summed E-state index contributed by atoms with van der Waals surface area (Å²) in [6.45, 7) is 10.8. The van der Waals surface area contributed by atoms with Crippen LogP contribution in [-0.2, 0) is 11.2 Å². The molecule has 0 saturated carbocycles. The summed E-state index contributed by atoms with van der Waals surface area (Å²) in [7, 11) is 0. The highest BCUT2D eigenvalue weighted by molar-refractivity contribution is 6.21. The van der Waals surface area contributed by atoms with Gasteiger partial charge in [-0.2, -0.15) is 0 Å². The van der Waals surface area contributed by atoms with E-state index in [0.29, 0.717) is 0 Å². The van der Waals surface area contributed by atoms with E-state index < -0.39 is 0 Å². The van der Waals surface area contributed by atoms with E-state index >= 15 is 0 Å². The number of benzene rings is 2. The van der Waals surface area contributed by atoms with Crippen molar-refractivity contribution in [2.24, 2.45) is 0 Å².